The van der Waals surface area contributed by atoms with Crippen molar-refractivity contribution in [1.29, 1.82) is 0 Å². The van der Waals surface area contributed by atoms with Crippen molar-refractivity contribution in [2.24, 2.45) is 0 Å². The van der Waals surface area contributed by atoms with E-state index in [1.165, 1.54) is 118 Å². The van der Waals surface area contributed by atoms with Gasteiger partial charge in [0, 0.05) is 150 Å². The molecule has 0 amide bonds. The van der Waals surface area contributed by atoms with E-state index in [1.54, 1.807) is 212 Å². The van der Waals surface area contributed by atoms with Gasteiger partial charge in [0.2, 0.25) is 0 Å². The van der Waals surface area contributed by atoms with Gasteiger partial charge >= 0.3 is 72.2 Å². The van der Waals surface area contributed by atoms with Crippen molar-refractivity contribution in [3.05, 3.63) is 390 Å². The van der Waals surface area contributed by atoms with Crippen LogP contribution in [0.1, 0.15) is 82.6 Å². The van der Waals surface area contributed by atoms with Crippen LogP contribution in [0.2, 0.25) is 5.02 Å². The molecule has 0 saturated heterocycles. The molecule has 0 N–H and O–H groups in total. The minimum Gasteiger partial charge on any atom is -0.343 e. The Morgan fingerprint density at radius 2 is 0.511 bits per heavy atom. The van der Waals surface area contributed by atoms with Crippen LogP contribution in [-0.2, 0) is 57.9 Å². The van der Waals surface area contributed by atoms with Crippen molar-refractivity contribution in [1.82, 2.24) is 0 Å². The van der Waals surface area contributed by atoms with Crippen LogP contribution in [-0.4, -0.2) is 53.3 Å². The Labute approximate surface area is 870 Å². The van der Waals surface area contributed by atoms with Gasteiger partial charge in [-0.3, -0.25) is 0 Å². The minimum absolute atomic E-state index is 0. The Morgan fingerprint density at radius 1 is 0.312 bits per heavy atom. The normalized spacial score (nSPS) is 16.0. The SMILES string of the molecule is Brc1cc(-c2ccccc2)sc1-c1ccccc1.C.C1=CCCC1.CC.FC1(F)C(c2cc(-c3ccccc3)sc2-c2ccccc2)=C(c2cc(-c3ccc(Cl)cc3)sc2-c2ccccc2)C(F)(F)C1(F)F.FC1=C(c2cc(-c3ccccc3)sc2-c2ccccc2)C(F)(F)C(F)(F)C1(F)F.FC1=C(c2cc(-c3ccccc3)sc2-c2ccccc2)C(F)(F)C(F)(F)C1(F)F.S=S=S=S=S=S.[CH2-]CCC.[Li+]. The zero-order chi connectivity index (χ0) is 100. The minimum atomic E-state index is -5.87. The fraction of sp³-hybridized carbons (Fsp3) is 0.168. The molecule has 0 aliphatic heterocycles. The van der Waals surface area contributed by atoms with E-state index >= 15 is 26.3 Å². The van der Waals surface area contributed by atoms with E-state index in [0.29, 0.717) is 69.0 Å². The number of allylic oxidation sites excluding steroid dienone is 8. The van der Waals surface area contributed by atoms with Crippen LogP contribution in [0.25, 0.3) is 127 Å². The number of alkyl halides is 18. The predicted molar refractivity (Wildman–Crippen MR) is 562 cm³/mol. The van der Waals surface area contributed by atoms with E-state index in [2.05, 4.69) is 119 Å². The second kappa shape index (κ2) is 49.7. The van der Waals surface area contributed by atoms with Gasteiger partial charge < -0.3 is 6.92 Å². The van der Waals surface area contributed by atoms with Crippen LogP contribution in [0, 0.1) is 6.92 Å². The van der Waals surface area contributed by atoms with E-state index in [1.807, 2.05) is 37.3 Å². The number of thiophene rings is 5. The Morgan fingerprint density at radius 3 is 0.723 bits per heavy atom. The van der Waals surface area contributed by atoms with Gasteiger partial charge in [-0.05, 0) is 133 Å². The Kier molecular flexibility index (Phi) is 40.1. The maximum atomic E-state index is 16.2. The monoisotopic (exact) mass is 2220 g/mol. The zero-order valence-electron chi connectivity index (χ0n) is 73.9. The second-order valence-corrected chi connectivity index (χ2v) is 44.0. The summed E-state index contributed by atoms with van der Waals surface area (Å²) in [5.74, 6) is -55.4. The smallest absolute Gasteiger partial charge is 0.343 e. The van der Waals surface area contributed by atoms with Gasteiger partial charge in [-0.1, -0.05) is 343 Å². The summed E-state index contributed by atoms with van der Waals surface area (Å²) in [7, 11) is 5.63. The quantitative estimate of drug-likeness (QED) is 0.0434. The summed E-state index contributed by atoms with van der Waals surface area (Å²) < 4.78 is 294. The Hall–Kier alpha value is -9.05. The van der Waals surface area contributed by atoms with Gasteiger partial charge in [-0.15, -0.1) is 56.7 Å². The molecule has 0 radical (unpaired) electrons. The Balaban J connectivity index is 0.000000189. The van der Waals surface area contributed by atoms with Crippen LogP contribution in [0.4, 0.5) is 87.8 Å². The van der Waals surface area contributed by atoms with Gasteiger partial charge in [-0.2, -0.15) is 85.4 Å². The number of benzene rings is 10. The molecule has 4 aliphatic rings. The number of hydrogen-bond donors (Lipinski definition) is 0. The topological polar surface area (TPSA) is 0 Å². The number of halogens is 22. The molecule has 0 saturated carbocycles. The molecule has 0 spiro atoms. The zero-order valence-corrected chi connectivity index (χ0v) is 85.2. The first-order valence-corrected chi connectivity index (χ1v) is 54.2. The van der Waals surface area contributed by atoms with Gasteiger partial charge in [0.15, 0.2) is 11.7 Å². The molecular weight excluding hydrogens is 2140 g/mol. The van der Waals surface area contributed by atoms with Crippen LogP contribution in [0.5, 0.6) is 0 Å². The fourth-order valence-electron chi connectivity index (χ4n) is 14.6. The van der Waals surface area contributed by atoms with Gasteiger partial charge in [-0.25, -0.2) is 8.78 Å². The number of unbranched alkanes of at least 4 members (excludes halogenated alkanes) is 1. The van der Waals surface area contributed by atoms with Crippen LogP contribution >= 0.6 is 84.2 Å². The summed E-state index contributed by atoms with van der Waals surface area (Å²) in [6.45, 7) is 9.72. The van der Waals surface area contributed by atoms with Crippen molar-refractivity contribution < 1.29 is 107 Å². The summed E-state index contributed by atoms with van der Waals surface area (Å²) in [5, 5.41) is 0.440. The molecule has 19 rings (SSSR count). The van der Waals surface area contributed by atoms with Crippen LogP contribution in [0.15, 0.2) is 356 Å². The molecule has 0 bridgehead atoms. The average Bonchev–Trinajstić information content (AvgIpc) is 1.49. The van der Waals surface area contributed by atoms with E-state index < -0.39 is 98.4 Å². The molecule has 141 heavy (non-hydrogen) atoms. The van der Waals surface area contributed by atoms with E-state index in [9.17, 15) is 61.5 Å². The average molecular weight is 2220 g/mol. The molecule has 15 aromatic rings. The largest absolute Gasteiger partial charge is 1.00 e. The summed E-state index contributed by atoms with van der Waals surface area (Å²) in [5.41, 5.74) is -2.37. The first-order valence-electron chi connectivity index (χ1n) is 42.3. The fourth-order valence-corrected chi connectivity index (χ4v) is 26.8. The molecule has 34 heteroatoms. The number of hydrogen-bond acceptors (Lipinski definition) is 7. The molecule has 730 valence electrons. The molecule has 0 unspecified atom stereocenters. The molecule has 5 aromatic heterocycles. The molecule has 0 atom stereocenters. The van der Waals surface area contributed by atoms with Crippen molar-refractivity contribution in [2.45, 2.75) is 114 Å². The summed E-state index contributed by atoms with van der Waals surface area (Å²) in [6, 6.07) is 92.2. The maximum absolute atomic E-state index is 16.2. The van der Waals surface area contributed by atoms with Gasteiger partial charge in [0.1, 0.15) is 0 Å². The van der Waals surface area contributed by atoms with E-state index in [0.717, 1.165) is 68.4 Å². The Bertz CT molecular complexity index is 6790. The molecular formula is C107H81BrClF20LiS11. The third-order valence-corrected chi connectivity index (χ3v) is 35.4. The van der Waals surface area contributed by atoms with E-state index in [4.69, 9.17) is 11.6 Å². The maximum Gasteiger partial charge on any atom is 1.00 e. The van der Waals surface area contributed by atoms with Crippen molar-refractivity contribution in [3.8, 4) is 104 Å². The summed E-state index contributed by atoms with van der Waals surface area (Å²) >= 11 is 24.6. The first-order chi connectivity index (χ1) is 66.3. The first kappa shape index (κ1) is 114. The third kappa shape index (κ3) is 24.2. The van der Waals surface area contributed by atoms with Crippen molar-refractivity contribution in [2.75, 3.05) is 0 Å². The standard InChI is InChI=1S/C37H21ClF6S2.2C21H11F7S.C16H11BrS.C5H8.C4H9.C2H6.CH4.Li.S6/c38-26-18-16-23(17-19-26)30-21-28(34(46-30)25-14-8-3-9-15-25)32-31(35(39,40)37(43,44)36(32,41)42)27-20-29(22-10-4-1-5-11-22)45-33(27)24-12-6-2-7-13-24;2*22-18-16(19(23,24)21(27,28)20(18,25)26)14-11-15(12-7-3-1-4-8-12)29-17(14)13-9-5-2-6-10-13;17-14-11-15(12-7-3-1-4-8-12)18-16(14)13-9-5-2-6-10-13;1-2-4-5-3-1;1-3-4-2;1-2;;;1-3-5-6-4-2/h1-21H;2*1-11H;1-11H;1-2H,3-5H2;1,3-4H2,2H3;1-2H3;1H4;;/q;;;;;-1;;;+1;. The summed E-state index contributed by atoms with van der Waals surface area (Å²) in [6.07, 6.45) is 10.8. The third-order valence-electron chi connectivity index (χ3n) is 21.4. The van der Waals surface area contributed by atoms with Crippen LogP contribution in [0.3, 0.4) is 0 Å². The molecule has 5 heterocycles. The summed E-state index contributed by atoms with van der Waals surface area (Å²) in [4.78, 5) is 4.57. The molecule has 10 aromatic carbocycles. The predicted octanol–water partition coefficient (Wildman–Crippen LogP) is 36.2. The molecule has 0 nitrogen and oxygen atoms in total. The van der Waals surface area contributed by atoms with Crippen LogP contribution < -0.4 is 18.9 Å². The van der Waals surface area contributed by atoms with Gasteiger partial charge in [0.25, 0.3) is 0 Å². The van der Waals surface area contributed by atoms with Gasteiger partial charge in [0.05, 0.1) is 11.1 Å². The van der Waals surface area contributed by atoms with Crippen molar-refractivity contribution >= 4 is 164 Å². The molecule has 4 aliphatic carbocycles. The number of rotatable bonds is 15. The molecule has 0 fully saturated rings. The van der Waals surface area contributed by atoms with E-state index in [-0.39, 0.29) is 56.9 Å². The second-order valence-electron chi connectivity index (χ2n) is 30.3. The van der Waals surface area contributed by atoms with Crippen molar-refractivity contribution in [3.63, 3.8) is 0 Å².